The van der Waals surface area contributed by atoms with Gasteiger partial charge in [0.1, 0.15) is 0 Å². The van der Waals surface area contributed by atoms with E-state index >= 15 is 0 Å². The Morgan fingerprint density at radius 1 is 1.26 bits per heavy atom. The van der Waals surface area contributed by atoms with Gasteiger partial charge in [0.05, 0.1) is 0 Å². The van der Waals surface area contributed by atoms with Gasteiger partial charge in [0.25, 0.3) is 0 Å². The van der Waals surface area contributed by atoms with Crippen LogP contribution in [0.4, 0.5) is 0 Å². The van der Waals surface area contributed by atoms with E-state index in [1.54, 1.807) is 0 Å². The third-order valence-corrected chi connectivity index (χ3v) is 5.14. The van der Waals surface area contributed by atoms with E-state index in [1.165, 1.54) is 17.7 Å². The van der Waals surface area contributed by atoms with Crippen LogP contribution in [-0.4, -0.2) is 23.1 Å². The average Bonchev–Trinajstić information content (AvgIpc) is 3.14. The fourth-order valence-corrected chi connectivity index (χ4v) is 3.72. The van der Waals surface area contributed by atoms with Crippen molar-refractivity contribution in [1.82, 2.24) is 5.32 Å². The Morgan fingerprint density at radius 3 is 2.53 bits per heavy atom. The topological polar surface area (TPSA) is 12.0 Å². The third-order valence-electron chi connectivity index (χ3n) is 3.75. The van der Waals surface area contributed by atoms with E-state index in [9.17, 15) is 0 Å². The smallest absolute Gasteiger partial charge is 0.0192 e. The van der Waals surface area contributed by atoms with Gasteiger partial charge in [-0.3, -0.25) is 0 Å². The third kappa shape index (κ3) is 4.54. The number of hydrogen-bond donors (Lipinski definition) is 1. The first kappa shape index (κ1) is 14.9. The highest BCUT2D eigenvalue weighted by molar-refractivity contribution is 8.00. The highest BCUT2D eigenvalue weighted by Gasteiger charge is 2.43. The molecule has 0 amide bonds. The van der Waals surface area contributed by atoms with Crippen LogP contribution >= 0.6 is 11.8 Å². The monoisotopic (exact) mass is 277 g/mol. The number of rotatable bonds is 6. The Labute approximate surface area is 122 Å². The van der Waals surface area contributed by atoms with E-state index < -0.39 is 0 Å². The number of hydrogen-bond acceptors (Lipinski definition) is 2. The first-order chi connectivity index (χ1) is 9.01. The van der Waals surface area contributed by atoms with Crippen molar-refractivity contribution in [1.29, 1.82) is 0 Å². The van der Waals surface area contributed by atoms with Gasteiger partial charge in [-0.25, -0.2) is 0 Å². The van der Waals surface area contributed by atoms with Crippen molar-refractivity contribution in [2.75, 3.05) is 12.3 Å². The zero-order valence-electron chi connectivity index (χ0n) is 12.6. The Kier molecular flexibility index (Phi) is 4.97. The highest BCUT2D eigenvalue weighted by Crippen LogP contribution is 2.50. The molecule has 19 heavy (non-hydrogen) atoms. The molecular weight excluding hydrogens is 250 g/mol. The number of nitrogens with one attached hydrogen (secondary N) is 1. The Balaban J connectivity index is 1.91. The van der Waals surface area contributed by atoms with Gasteiger partial charge in [-0.1, -0.05) is 58.0 Å². The van der Waals surface area contributed by atoms with Crippen molar-refractivity contribution < 1.29 is 0 Å². The molecule has 1 N–H and O–H groups in total. The van der Waals surface area contributed by atoms with Crippen molar-refractivity contribution in [3.8, 4) is 0 Å². The molecule has 2 rings (SSSR count). The van der Waals surface area contributed by atoms with Gasteiger partial charge in [-0.15, -0.1) is 0 Å². The molecule has 0 heterocycles. The van der Waals surface area contributed by atoms with Crippen molar-refractivity contribution in [2.24, 2.45) is 5.92 Å². The normalized spacial score (nSPS) is 24.2. The summed E-state index contributed by atoms with van der Waals surface area (Å²) in [4.78, 5) is 0. The van der Waals surface area contributed by atoms with Crippen molar-refractivity contribution in [2.45, 2.75) is 50.8 Å². The molecule has 0 aromatic heterocycles. The minimum atomic E-state index is 0.366. The maximum Gasteiger partial charge on any atom is 0.0192 e. The van der Waals surface area contributed by atoms with E-state index in [2.05, 4.69) is 75.1 Å². The van der Waals surface area contributed by atoms with Crippen molar-refractivity contribution in [3.05, 3.63) is 35.9 Å². The second-order valence-electron chi connectivity index (χ2n) is 6.50. The average molecular weight is 277 g/mol. The first-order valence-corrected chi connectivity index (χ1v) is 8.42. The molecule has 3 atom stereocenters. The second-order valence-corrected chi connectivity index (χ2v) is 8.35. The van der Waals surface area contributed by atoms with Crippen LogP contribution in [0.25, 0.3) is 0 Å². The zero-order chi connectivity index (χ0) is 13.9. The summed E-state index contributed by atoms with van der Waals surface area (Å²) >= 11 is 2.08. The predicted octanol–water partition coefficient (Wildman–Crippen LogP) is 4.30. The maximum atomic E-state index is 3.70. The van der Waals surface area contributed by atoms with Crippen LogP contribution in [-0.2, 0) is 0 Å². The number of benzene rings is 1. The summed E-state index contributed by atoms with van der Waals surface area (Å²) in [6.45, 7) is 10.2. The van der Waals surface area contributed by atoms with Gasteiger partial charge < -0.3 is 5.32 Å². The van der Waals surface area contributed by atoms with Crippen LogP contribution in [0.1, 0.15) is 45.6 Å². The molecule has 0 radical (unpaired) electrons. The molecule has 1 aliphatic rings. The molecule has 1 aromatic rings. The fraction of sp³-hybridized carbons (Fsp3) is 0.647. The lowest BCUT2D eigenvalue weighted by Crippen LogP contribution is -2.35. The Hall–Kier alpha value is -0.470. The summed E-state index contributed by atoms with van der Waals surface area (Å²) in [6.07, 6.45) is 1.35. The fourth-order valence-electron chi connectivity index (χ4n) is 2.68. The van der Waals surface area contributed by atoms with Crippen molar-refractivity contribution in [3.63, 3.8) is 0 Å². The molecule has 1 aromatic carbocycles. The van der Waals surface area contributed by atoms with Crippen LogP contribution < -0.4 is 5.32 Å². The van der Waals surface area contributed by atoms with Gasteiger partial charge in [-0.05, 0) is 30.4 Å². The minimum Gasteiger partial charge on any atom is -0.313 e. The largest absolute Gasteiger partial charge is 0.313 e. The first-order valence-electron chi connectivity index (χ1n) is 7.43. The Morgan fingerprint density at radius 2 is 1.95 bits per heavy atom. The molecule has 106 valence electrons. The summed E-state index contributed by atoms with van der Waals surface area (Å²) in [5.74, 6) is 2.84. The molecule has 1 saturated carbocycles. The lowest BCUT2D eigenvalue weighted by molar-refractivity contribution is 0.508. The van der Waals surface area contributed by atoms with Gasteiger partial charge >= 0.3 is 0 Å². The van der Waals surface area contributed by atoms with Crippen molar-refractivity contribution >= 4 is 11.8 Å². The molecule has 0 aliphatic heterocycles. The molecular formula is C17H27NS. The standard InChI is InChI=1S/C17H27NS/c1-5-18-16(12-19-17(2,3)4)15-11-14(15)13-9-7-6-8-10-13/h6-10,14-16,18H,5,11-12H2,1-4H3. The van der Waals surface area contributed by atoms with Gasteiger partial charge in [-0.2, -0.15) is 11.8 Å². The predicted molar refractivity (Wildman–Crippen MR) is 87.0 cm³/mol. The summed E-state index contributed by atoms with van der Waals surface area (Å²) in [7, 11) is 0. The summed E-state index contributed by atoms with van der Waals surface area (Å²) < 4.78 is 0.366. The lowest BCUT2D eigenvalue weighted by atomic mass is 10.1. The van der Waals surface area contributed by atoms with E-state index in [0.717, 1.165) is 18.4 Å². The zero-order valence-corrected chi connectivity index (χ0v) is 13.5. The Bertz CT molecular complexity index is 382. The molecule has 0 spiro atoms. The van der Waals surface area contributed by atoms with Crippen LogP contribution in [0.2, 0.25) is 0 Å². The van der Waals surface area contributed by atoms with Crippen LogP contribution in [0.3, 0.4) is 0 Å². The summed E-state index contributed by atoms with van der Waals surface area (Å²) in [5, 5.41) is 3.70. The molecule has 3 unspecified atom stereocenters. The molecule has 1 aliphatic carbocycles. The van der Waals surface area contributed by atoms with E-state index in [-0.39, 0.29) is 0 Å². The van der Waals surface area contributed by atoms with Crippen LogP contribution in [0.15, 0.2) is 30.3 Å². The van der Waals surface area contributed by atoms with Crippen LogP contribution in [0.5, 0.6) is 0 Å². The molecule has 2 heteroatoms. The molecule has 0 bridgehead atoms. The minimum absolute atomic E-state index is 0.366. The maximum absolute atomic E-state index is 3.70. The van der Waals surface area contributed by atoms with E-state index in [4.69, 9.17) is 0 Å². The van der Waals surface area contributed by atoms with Gasteiger partial charge in [0.15, 0.2) is 0 Å². The second kappa shape index (κ2) is 6.32. The quantitative estimate of drug-likeness (QED) is 0.832. The molecule has 1 nitrogen and oxygen atoms in total. The highest BCUT2D eigenvalue weighted by atomic mass is 32.2. The van der Waals surface area contributed by atoms with E-state index in [0.29, 0.717) is 10.8 Å². The lowest BCUT2D eigenvalue weighted by Gasteiger charge is -2.24. The summed E-state index contributed by atoms with van der Waals surface area (Å²) in [6, 6.07) is 11.7. The summed E-state index contributed by atoms with van der Waals surface area (Å²) in [5.41, 5.74) is 1.52. The van der Waals surface area contributed by atoms with Gasteiger partial charge in [0.2, 0.25) is 0 Å². The van der Waals surface area contributed by atoms with Crippen LogP contribution in [0, 0.1) is 5.92 Å². The molecule has 1 fully saturated rings. The number of thioether (sulfide) groups is 1. The SMILES string of the molecule is CCNC(CSC(C)(C)C)C1CC1c1ccccc1. The van der Waals surface area contributed by atoms with Gasteiger partial charge in [0, 0.05) is 16.5 Å². The van der Waals surface area contributed by atoms with E-state index in [1.807, 2.05) is 0 Å². The molecule has 0 saturated heterocycles.